The number of rotatable bonds is 3. The molecule has 0 saturated heterocycles. The molecule has 2 aromatic carbocycles. The molecule has 1 unspecified atom stereocenters. The van der Waals surface area contributed by atoms with Gasteiger partial charge < -0.3 is 5.32 Å². The Morgan fingerprint density at radius 2 is 1.67 bits per heavy atom. The normalized spacial score (nSPS) is 12.0. The number of benzene rings is 2. The van der Waals surface area contributed by atoms with Crippen molar-refractivity contribution in [3.63, 3.8) is 0 Å². The van der Waals surface area contributed by atoms with Crippen LogP contribution in [0.2, 0.25) is 0 Å². The van der Waals surface area contributed by atoms with Gasteiger partial charge in [-0.2, -0.15) is 0 Å². The summed E-state index contributed by atoms with van der Waals surface area (Å²) >= 11 is 6.80. The molecule has 0 fully saturated rings. The van der Waals surface area contributed by atoms with Crippen molar-refractivity contribution in [3.8, 4) is 0 Å². The first-order chi connectivity index (χ1) is 9.86. The van der Waals surface area contributed by atoms with Gasteiger partial charge in [-0.15, -0.1) is 0 Å². The molecule has 4 heteroatoms. The van der Waals surface area contributed by atoms with Gasteiger partial charge in [0.1, 0.15) is 0 Å². The lowest BCUT2D eigenvalue weighted by atomic mass is 10.00. The van der Waals surface area contributed by atoms with Crippen LogP contribution < -0.4 is 5.32 Å². The van der Waals surface area contributed by atoms with E-state index in [0.29, 0.717) is 5.56 Å². The molecule has 0 aliphatic rings. The van der Waals surface area contributed by atoms with Gasteiger partial charge >= 0.3 is 0 Å². The fourth-order valence-corrected chi connectivity index (χ4v) is 3.65. The van der Waals surface area contributed by atoms with Crippen LogP contribution in [-0.2, 0) is 0 Å². The van der Waals surface area contributed by atoms with Gasteiger partial charge in [0.15, 0.2) is 0 Å². The predicted molar refractivity (Wildman–Crippen MR) is 93.6 cm³/mol. The van der Waals surface area contributed by atoms with Gasteiger partial charge in [-0.25, -0.2) is 0 Å². The summed E-state index contributed by atoms with van der Waals surface area (Å²) in [5.74, 6) is -0.0792. The zero-order chi connectivity index (χ0) is 15.6. The van der Waals surface area contributed by atoms with Crippen LogP contribution in [0, 0.1) is 13.8 Å². The van der Waals surface area contributed by atoms with E-state index in [1.807, 2.05) is 25.1 Å². The van der Waals surface area contributed by atoms with Crippen LogP contribution in [0.25, 0.3) is 0 Å². The number of hydrogen-bond acceptors (Lipinski definition) is 1. The predicted octanol–water partition coefficient (Wildman–Crippen LogP) is 5.32. The van der Waals surface area contributed by atoms with Crippen molar-refractivity contribution in [1.29, 1.82) is 0 Å². The molecule has 0 aliphatic heterocycles. The lowest BCUT2D eigenvalue weighted by molar-refractivity contribution is 0.0939. The highest BCUT2D eigenvalue weighted by atomic mass is 79.9. The fraction of sp³-hybridized carbons (Fsp3) is 0.235. The number of nitrogens with one attached hydrogen (secondary N) is 1. The summed E-state index contributed by atoms with van der Waals surface area (Å²) in [4.78, 5) is 12.4. The summed E-state index contributed by atoms with van der Waals surface area (Å²) < 4.78 is 1.75. The second-order valence-corrected chi connectivity index (χ2v) is 7.04. The quantitative estimate of drug-likeness (QED) is 0.728. The SMILES string of the molecule is Cc1ccc(C(C)NC(=O)c2cc(Br)cc(Br)c2)c(C)c1. The Morgan fingerprint density at radius 1 is 1.05 bits per heavy atom. The van der Waals surface area contributed by atoms with E-state index in [0.717, 1.165) is 14.5 Å². The summed E-state index contributed by atoms with van der Waals surface area (Å²) in [5, 5.41) is 3.05. The summed E-state index contributed by atoms with van der Waals surface area (Å²) in [6, 6.07) is 11.8. The molecule has 0 radical (unpaired) electrons. The highest BCUT2D eigenvalue weighted by Crippen LogP contribution is 2.22. The van der Waals surface area contributed by atoms with E-state index in [2.05, 4.69) is 69.2 Å². The van der Waals surface area contributed by atoms with Crippen LogP contribution in [0.5, 0.6) is 0 Å². The minimum Gasteiger partial charge on any atom is -0.346 e. The first-order valence-corrected chi connectivity index (χ1v) is 8.29. The standard InChI is InChI=1S/C17H17Br2NO/c1-10-4-5-16(11(2)6-10)12(3)20-17(21)13-7-14(18)9-15(19)8-13/h4-9,12H,1-3H3,(H,20,21). The third kappa shape index (κ3) is 4.17. The number of carbonyl (C=O) groups is 1. The van der Waals surface area contributed by atoms with Gasteiger partial charge in [0.05, 0.1) is 6.04 Å². The van der Waals surface area contributed by atoms with E-state index in [-0.39, 0.29) is 11.9 Å². The second-order valence-electron chi connectivity index (χ2n) is 5.21. The lowest BCUT2D eigenvalue weighted by Gasteiger charge is -2.17. The Morgan fingerprint density at radius 3 is 2.24 bits per heavy atom. The molecule has 2 aromatic rings. The van der Waals surface area contributed by atoms with Gasteiger partial charge in [0.25, 0.3) is 5.91 Å². The van der Waals surface area contributed by atoms with Crippen LogP contribution in [0.4, 0.5) is 0 Å². The molecule has 0 heterocycles. The summed E-state index contributed by atoms with van der Waals surface area (Å²) in [6.45, 7) is 6.14. The molecule has 0 bridgehead atoms. The smallest absolute Gasteiger partial charge is 0.251 e. The number of hydrogen-bond donors (Lipinski definition) is 1. The van der Waals surface area contributed by atoms with Crippen molar-refractivity contribution in [1.82, 2.24) is 5.32 Å². The number of halogens is 2. The van der Waals surface area contributed by atoms with Gasteiger partial charge in [-0.3, -0.25) is 4.79 Å². The third-order valence-electron chi connectivity index (χ3n) is 3.36. The Bertz CT molecular complexity index is 662. The average Bonchev–Trinajstić information content (AvgIpc) is 2.37. The van der Waals surface area contributed by atoms with E-state index >= 15 is 0 Å². The van der Waals surface area contributed by atoms with Crippen molar-refractivity contribution in [2.75, 3.05) is 0 Å². The Balaban J connectivity index is 2.18. The molecule has 2 nitrogen and oxygen atoms in total. The third-order valence-corrected chi connectivity index (χ3v) is 4.28. The molecule has 1 amide bonds. The molecule has 110 valence electrons. The molecule has 21 heavy (non-hydrogen) atoms. The van der Waals surface area contributed by atoms with Crippen molar-refractivity contribution >= 4 is 37.8 Å². The molecule has 0 saturated carbocycles. The minimum atomic E-state index is -0.0792. The van der Waals surface area contributed by atoms with Crippen molar-refractivity contribution < 1.29 is 4.79 Å². The molecule has 0 spiro atoms. The van der Waals surface area contributed by atoms with E-state index in [4.69, 9.17) is 0 Å². The lowest BCUT2D eigenvalue weighted by Crippen LogP contribution is -2.27. The fourth-order valence-electron chi connectivity index (χ4n) is 2.35. The van der Waals surface area contributed by atoms with Gasteiger partial charge in [0, 0.05) is 14.5 Å². The topological polar surface area (TPSA) is 29.1 Å². The highest BCUT2D eigenvalue weighted by molar-refractivity contribution is 9.11. The summed E-state index contributed by atoms with van der Waals surface area (Å²) in [5.41, 5.74) is 4.19. The maximum atomic E-state index is 12.4. The molecule has 1 atom stereocenters. The number of amides is 1. The van der Waals surface area contributed by atoms with Crippen molar-refractivity contribution in [3.05, 3.63) is 67.6 Å². The molecule has 0 aromatic heterocycles. The van der Waals surface area contributed by atoms with Crippen LogP contribution in [0.1, 0.15) is 40.0 Å². The Labute approximate surface area is 142 Å². The first-order valence-electron chi connectivity index (χ1n) is 6.71. The maximum Gasteiger partial charge on any atom is 0.251 e. The van der Waals surface area contributed by atoms with Crippen LogP contribution in [-0.4, -0.2) is 5.91 Å². The maximum absolute atomic E-state index is 12.4. The van der Waals surface area contributed by atoms with Crippen LogP contribution in [0.3, 0.4) is 0 Å². The zero-order valence-electron chi connectivity index (χ0n) is 12.2. The molecular formula is C17H17Br2NO. The summed E-state index contributed by atoms with van der Waals surface area (Å²) in [7, 11) is 0. The first kappa shape index (κ1) is 16.2. The van der Waals surface area contributed by atoms with Gasteiger partial charge in [0.2, 0.25) is 0 Å². The van der Waals surface area contributed by atoms with Gasteiger partial charge in [-0.1, -0.05) is 55.6 Å². The number of aryl methyl sites for hydroxylation is 2. The summed E-state index contributed by atoms with van der Waals surface area (Å²) in [6.07, 6.45) is 0. The van der Waals surface area contributed by atoms with E-state index in [1.54, 1.807) is 0 Å². The molecule has 2 rings (SSSR count). The van der Waals surface area contributed by atoms with E-state index in [1.165, 1.54) is 11.1 Å². The van der Waals surface area contributed by atoms with Crippen molar-refractivity contribution in [2.24, 2.45) is 0 Å². The minimum absolute atomic E-state index is 0.0316. The van der Waals surface area contributed by atoms with E-state index < -0.39 is 0 Å². The average molecular weight is 411 g/mol. The molecular weight excluding hydrogens is 394 g/mol. The molecule has 0 aliphatic carbocycles. The van der Waals surface area contributed by atoms with Gasteiger partial charge in [-0.05, 0) is 50.1 Å². The Hall–Kier alpha value is -1.13. The van der Waals surface area contributed by atoms with Crippen LogP contribution >= 0.6 is 31.9 Å². The Kier molecular flexibility index (Phi) is 5.22. The number of carbonyl (C=O) groups excluding carboxylic acids is 1. The largest absolute Gasteiger partial charge is 0.346 e. The van der Waals surface area contributed by atoms with Crippen LogP contribution in [0.15, 0.2) is 45.3 Å². The van der Waals surface area contributed by atoms with E-state index in [9.17, 15) is 4.79 Å². The monoisotopic (exact) mass is 409 g/mol. The molecule has 1 N–H and O–H groups in total. The highest BCUT2D eigenvalue weighted by Gasteiger charge is 2.14. The zero-order valence-corrected chi connectivity index (χ0v) is 15.4. The van der Waals surface area contributed by atoms with Crippen molar-refractivity contribution in [2.45, 2.75) is 26.8 Å². The second kappa shape index (κ2) is 6.75.